The highest BCUT2D eigenvalue weighted by molar-refractivity contribution is 7.11. The Balaban J connectivity index is 1.99. The molecule has 1 aromatic heterocycles. The predicted octanol–water partition coefficient (Wildman–Crippen LogP) is 2.38. The third-order valence-electron chi connectivity index (χ3n) is 3.49. The number of hydrogen-bond acceptors (Lipinski definition) is 5. The Morgan fingerprint density at radius 2 is 2.11 bits per heavy atom. The second-order valence-corrected chi connectivity index (χ2v) is 6.20. The van der Waals surface area contributed by atoms with Gasteiger partial charge in [0, 0.05) is 24.6 Å². The lowest BCUT2D eigenvalue weighted by atomic mass is 10.3. The summed E-state index contributed by atoms with van der Waals surface area (Å²) in [7, 11) is 1.74. The maximum atomic E-state index is 5.26. The highest BCUT2D eigenvalue weighted by atomic mass is 32.1. The van der Waals surface area contributed by atoms with Crippen LogP contribution in [0.3, 0.4) is 0 Å². The molecule has 19 heavy (non-hydrogen) atoms. The zero-order chi connectivity index (χ0) is 13.7. The molecule has 2 rings (SSSR count). The van der Waals surface area contributed by atoms with E-state index in [0.29, 0.717) is 6.61 Å². The van der Waals surface area contributed by atoms with Gasteiger partial charge in [-0.05, 0) is 25.9 Å². The number of thiazole rings is 1. The van der Waals surface area contributed by atoms with Crippen molar-refractivity contribution in [2.45, 2.75) is 52.4 Å². The molecule has 0 saturated heterocycles. The van der Waals surface area contributed by atoms with Crippen molar-refractivity contribution in [1.29, 1.82) is 0 Å². The van der Waals surface area contributed by atoms with E-state index in [1.54, 1.807) is 7.11 Å². The first-order chi connectivity index (χ1) is 9.26. The van der Waals surface area contributed by atoms with Gasteiger partial charge in [0.25, 0.3) is 0 Å². The molecule has 1 heterocycles. The Bertz CT molecular complexity index is 386. The molecule has 1 fully saturated rings. The van der Waals surface area contributed by atoms with E-state index in [1.165, 1.54) is 22.7 Å². The zero-order valence-electron chi connectivity index (χ0n) is 12.2. The molecule has 0 atom stereocenters. The quantitative estimate of drug-likeness (QED) is 0.755. The van der Waals surface area contributed by atoms with Crippen molar-refractivity contribution in [3.8, 4) is 0 Å². The van der Waals surface area contributed by atoms with E-state index in [4.69, 9.17) is 9.72 Å². The van der Waals surface area contributed by atoms with Crippen molar-refractivity contribution in [2.75, 3.05) is 20.2 Å². The van der Waals surface area contributed by atoms with Crippen LogP contribution in [0.15, 0.2) is 0 Å². The number of nitrogens with one attached hydrogen (secondary N) is 1. The van der Waals surface area contributed by atoms with Crippen molar-refractivity contribution in [3.05, 3.63) is 15.6 Å². The SMILES string of the molecule is CCN(CC)Cc1nc(COC)c(CNC2CC2)s1. The largest absolute Gasteiger partial charge is 0.378 e. The topological polar surface area (TPSA) is 37.4 Å². The summed E-state index contributed by atoms with van der Waals surface area (Å²) in [5, 5.41) is 4.78. The number of rotatable bonds is 9. The molecule has 4 nitrogen and oxygen atoms in total. The molecule has 0 spiro atoms. The second kappa shape index (κ2) is 7.33. The van der Waals surface area contributed by atoms with Crippen LogP contribution in [0.4, 0.5) is 0 Å². The molecular formula is C14H25N3OS. The van der Waals surface area contributed by atoms with Crippen LogP contribution in [-0.2, 0) is 24.4 Å². The van der Waals surface area contributed by atoms with E-state index in [-0.39, 0.29) is 0 Å². The standard InChI is InChI=1S/C14H25N3OS/c1-4-17(5-2)9-14-16-12(10-18-3)13(19-14)8-15-11-6-7-11/h11,15H,4-10H2,1-3H3. The van der Waals surface area contributed by atoms with Gasteiger partial charge < -0.3 is 10.1 Å². The summed E-state index contributed by atoms with van der Waals surface area (Å²) in [6.45, 7) is 9.07. The van der Waals surface area contributed by atoms with Crippen LogP contribution in [-0.4, -0.2) is 36.1 Å². The summed E-state index contributed by atoms with van der Waals surface area (Å²) >= 11 is 1.83. The summed E-state index contributed by atoms with van der Waals surface area (Å²) in [6, 6.07) is 0.740. The van der Waals surface area contributed by atoms with Gasteiger partial charge in [0.2, 0.25) is 0 Å². The van der Waals surface area contributed by atoms with Gasteiger partial charge in [-0.2, -0.15) is 0 Å². The lowest BCUT2D eigenvalue weighted by Crippen LogP contribution is -2.21. The monoisotopic (exact) mass is 283 g/mol. The van der Waals surface area contributed by atoms with Crippen molar-refractivity contribution in [3.63, 3.8) is 0 Å². The van der Waals surface area contributed by atoms with Crippen molar-refractivity contribution in [2.24, 2.45) is 0 Å². The first-order valence-corrected chi connectivity index (χ1v) is 8.00. The molecule has 1 saturated carbocycles. The Kier molecular flexibility index (Phi) is 5.76. The Morgan fingerprint density at radius 3 is 2.68 bits per heavy atom. The van der Waals surface area contributed by atoms with Crippen LogP contribution in [0.5, 0.6) is 0 Å². The van der Waals surface area contributed by atoms with Crippen molar-refractivity contribution < 1.29 is 4.74 Å². The summed E-state index contributed by atoms with van der Waals surface area (Å²) in [6.07, 6.45) is 2.65. The van der Waals surface area contributed by atoms with Gasteiger partial charge in [-0.3, -0.25) is 4.90 Å². The van der Waals surface area contributed by atoms with Gasteiger partial charge in [0.05, 0.1) is 18.8 Å². The van der Waals surface area contributed by atoms with Gasteiger partial charge in [-0.15, -0.1) is 11.3 Å². The summed E-state index contributed by atoms with van der Waals surface area (Å²) in [5.74, 6) is 0. The fraction of sp³-hybridized carbons (Fsp3) is 0.786. The average molecular weight is 283 g/mol. The highest BCUT2D eigenvalue weighted by Gasteiger charge is 2.21. The molecule has 0 radical (unpaired) electrons. The van der Waals surface area contributed by atoms with Crippen LogP contribution in [0.1, 0.15) is 42.3 Å². The van der Waals surface area contributed by atoms with E-state index in [2.05, 4.69) is 24.1 Å². The van der Waals surface area contributed by atoms with Gasteiger partial charge >= 0.3 is 0 Å². The van der Waals surface area contributed by atoms with Crippen LogP contribution in [0.25, 0.3) is 0 Å². The van der Waals surface area contributed by atoms with Gasteiger partial charge in [-0.1, -0.05) is 13.8 Å². The Morgan fingerprint density at radius 1 is 1.37 bits per heavy atom. The molecule has 1 aliphatic rings. The highest BCUT2D eigenvalue weighted by Crippen LogP contribution is 2.24. The molecule has 0 unspecified atom stereocenters. The van der Waals surface area contributed by atoms with E-state index in [1.807, 2.05) is 11.3 Å². The number of ether oxygens (including phenoxy) is 1. The lowest BCUT2D eigenvalue weighted by Gasteiger charge is -2.15. The minimum absolute atomic E-state index is 0.621. The van der Waals surface area contributed by atoms with Gasteiger partial charge in [0.15, 0.2) is 0 Å². The molecular weight excluding hydrogens is 258 g/mol. The molecule has 108 valence electrons. The lowest BCUT2D eigenvalue weighted by molar-refractivity contribution is 0.180. The van der Waals surface area contributed by atoms with Crippen LogP contribution in [0, 0.1) is 0 Å². The van der Waals surface area contributed by atoms with Crippen LogP contribution in [0.2, 0.25) is 0 Å². The molecule has 1 aromatic rings. The first kappa shape index (κ1) is 14.9. The third-order valence-corrected chi connectivity index (χ3v) is 4.57. The maximum absolute atomic E-state index is 5.26. The zero-order valence-corrected chi connectivity index (χ0v) is 13.1. The molecule has 5 heteroatoms. The summed E-state index contributed by atoms with van der Waals surface area (Å²) in [5.41, 5.74) is 1.11. The number of nitrogens with zero attached hydrogens (tertiary/aromatic N) is 2. The van der Waals surface area contributed by atoms with Crippen molar-refractivity contribution in [1.82, 2.24) is 15.2 Å². The molecule has 0 aromatic carbocycles. The second-order valence-electron chi connectivity index (χ2n) is 5.03. The van der Waals surface area contributed by atoms with Crippen LogP contribution >= 0.6 is 11.3 Å². The smallest absolute Gasteiger partial charge is 0.107 e. The molecule has 1 aliphatic carbocycles. The van der Waals surface area contributed by atoms with E-state index < -0.39 is 0 Å². The fourth-order valence-electron chi connectivity index (χ4n) is 2.06. The van der Waals surface area contributed by atoms with Crippen LogP contribution < -0.4 is 5.32 Å². The van der Waals surface area contributed by atoms with E-state index in [0.717, 1.165) is 37.9 Å². The predicted molar refractivity (Wildman–Crippen MR) is 79.3 cm³/mol. The van der Waals surface area contributed by atoms with E-state index >= 15 is 0 Å². The third kappa shape index (κ3) is 4.53. The molecule has 0 aliphatic heterocycles. The number of hydrogen-bond donors (Lipinski definition) is 1. The Labute approximate surface area is 120 Å². The van der Waals surface area contributed by atoms with Gasteiger partial charge in [0.1, 0.15) is 5.01 Å². The molecule has 0 bridgehead atoms. The minimum atomic E-state index is 0.621. The maximum Gasteiger partial charge on any atom is 0.107 e. The normalized spacial score (nSPS) is 15.4. The Hall–Kier alpha value is -0.490. The summed E-state index contributed by atoms with van der Waals surface area (Å²) in [4.78, 5) is 8.49. The molecule has 1 N–H and O–H groups in total. The summed E-state index contributed by atoms with van der Waals surface area (Å²) < 4.78 is 5.26. The van der Waals surface area contributed by atoms with E-state index in [9.17, 15) is 0 Å². The number of aromatic nitrogens is 1. The van der Waals surface area contributed by atoms with Crippen molar-refractivity contribution >= 4 is 11.3 Å². The minimum Gasteiger partial charge on any atom is -0.378 e. The van der Waals surface area contributed by atoms with Gasteiger partial charge in [-0.25, -0.2) is 4.98 Å². The molecule has 0 amide bonds. The number of methoxy groups -OCH3 is 1. The average Bonchev–Trinajstić information content (AvgIpc) is 3.17. The fourth-order valence-corrected chi connectivity index (χ4v) is 3.12. The first-order valence-electron chi connectivity index (χ1n) is 7.18.